The molecule has 0 aliphatic carbocycles. The van der Waals surface area contributed by atoms with Crippen LogP contribution in [0.1, 0.15) is 16.7 Å². The number of rotatable bonds is 8. The van der Waals surface area contributed by atoms with Crippen molar-refractivity contribution in [3.63, 3.8) is 0 Å². The van der Waals surface area contributed by atoms with E-state index in [-0.39, 0.29) is 13.0 Å². The van der Waals surface area contributed by atoms with Gasteiger partial charge in [0.25, 0.3) is 0 Å². The topological polar surface area (TPSA) is 94.9 Å². The number of hydrogen-bond acceptors (Lipinski definition) is 5. The molecule has 0 spiro atoms. The summed E-state index contributed by atoms with van der Waals surface area (Å²) in [6.45, 7) is 0.699. The Kier molecular flexibility index (Phi) is 5.91. The molecular weight excluding hydrogens is 394 g/mol. The van der Waals surface area contributed by atoms with Gasteiger partial charge >= 0.3 is 5.97 Å². The summed E-state index contributed by atoms with van der Waals surface area (Å²) < 4.78 is 17.1. The van der Waals surface area contributed by atoms with Gasteiger partial charge in [0.15, 0.2) is 11.5 Å². The molecule has 0 fully saturated rings. The first-order valence-corrected chi connectivity index (χ1v) is 9.89. The maximum Gasteiger partial charge on any atom is 0.307 e. The Bertz CT molecular complexity index is 1230. The van der Waals surface area contributed by atoms with Crippen molar-refractivity contribution in [2.24, 2.45) is 5.73 Å². The van der Waals surface area contributed by atoms with Crippen LogP contribution < -0.4 is 15.2 Å². The van der Waals surface area contributed by atoms with E-state index in [9.17, 15) is 9.90 Å². The molecule has 31 heavy (non-hydrogen) atoms. The van der Waals surface area contributed by atoms with Crippen LogP contribution in [0.15, 0.2) is 71.3 Å². The van der Waals surface area contributed by atoms with E-state index in [1.807, 2.05) is 30.3 Å². The molecule has 3 N–H and O–H groups in total. The van der Waals surface area contributed by atoms with E-state index in [2.05, 4.69) is 12.1 Å². The summed E-state index contributed by atoms with van der Waals surface area (Å²) in [6.07, 6.45) is 1.51. The number of aliphatic carboxylic acids is 1. The molecule has 4 rings (SSSR count). The molecule has 158 valence electrons. The first kappa shape index (κ1) is 20.5. The molecule has 6 nitrogen and oxygen atoms in total. The Balaban J connectivity index is 1.65. The molecule has 1 heterocycles. The number of ether oxygens (including phenoxy) is 2. The smallest absolute Gasteiger partial charge is 0.307 e. The highest BCUT2D eigenvalue weighted by Gasteiger charge is 2.15. The van der Waals surface area contributed by atoms with Crippen LogP contribution in [0.5, 0.6) is 11.5 Å². The molecule has 0 aliphatic rings. The van der Waals surface area contributed by atoms with E-state index < -0.39 is 5.97 Å². The van der Waals surface area contributed by atoms with Gasteiger partial charge in [0.05, 0.1) is 19.8 Å². The number of fused-ring (bicyclic) bond motifs is 1. The highest BCUT2D eigenvalue weighted by atomic mass is 16.5. The molecule has 0 atom stereocenters. The monoisotopic (exact) mass is 417 g/mol. The number of carbonyl (C=O) groups is 1. The van der Waals surface area contributed by atoms with Crippen LogP contribution in [0.2, 0.25) is 0 Å². The molecule has 0 aliphatic heterocycles. The largest absolute Gasteiger partial charge is 0.493 e. The number of para-hydroxylation sites is 1. The quantitative estimate of drug-likeness (QED) is 0.429. The van der Waals surface area contributed by atoms with E-state index >= 15 is 0 Å². The molecule has 0 saturated carbocycles. The second-order valence-electron chi connectivity index (χ2n) is 7.18. The van der Waals surface area contributed by atoms with Gasteiger partial charge in [-0.2, -0.15) is 0 Å². The predicted octanol–water partition coefficient (Wildman–Crippen LogP) is 4.77. The Morgan fingerprint density at radius 3 is 2.61 bits per heavy atom. The molecule has 4 aromatic rings. The lowest BCUT2D eigenvalue weighted by Gasteiger charge is -2.14. The van der Waals surface area contributed by atoms with Crippen molar-refractivity contribution < 1.29 is 23.8 Å². The van der Waals surface area contributed by atoms with Crippen molar-refractivity contribution in [2.45, 2.75) is 19.6 Å². The second kappa shape index (κ2) is 8.93. The maximum atomic E-state index is 11.2. The van der Waals surface area contributed by atoms with Gasteiger partial charge in [0.1, 0.15) is 12.2 Å². The van der Waals surface area contributed by atoms with Crippen LogP contribution in [0.3, 0.4) is 0 Å². The molecule has 0 bridgehead atoms. The van der Waals surface area contributed by atoms with Crippen molar-refractivity contribution in [3.8, 4) is 22.6 Å². The first-order chi connectivity index (χ1) is 15.1. The van der Waals surface area contributed by atoms with Gasteiger partial charge in [0, 0.05) is 23.1 Å². The van der Waals surface area contributed by atoms with Gasteiger partial charge in [0.2, 0.25) is 0 Å². The fourth-order valence-corrected chi connectivity index (χ4v) is 3.59. The Morgan fingerprint density at radius 1 is 1.03 bits per heavy atom. The van der Waals surface area contributed by atoms with Crippen LogP contribution in [0.4, 0.5) is 0 Å². The van der Waals surface area contributed by atoms with Crippen molar-refractivity contribution in [1.82, 2.24) is 0 Å². The lowest BCUT2D eigenvalue weighted by atomic mass is 10.0. The predicted molar refractivity (Wildman–Crippen MR) is 118 cm³/mol. The minimum atomic E-state index is -0.934. The molecule has 0 amide bonds. The number of benzene rings is 3. The number of methoxy groups -OCH3 is 1. The zero-order valence-corrected chi connectivity index (χ0v) is 17.1. The van der Waals surface area contributed by atoms with Crippen LogP contribution in [-0.2, 0) is 24.4 Å². The highest BCUT2D eigenvalue weighted by Crippen LogP contribution is 2.34. The fraction of sp³-hybridized carbons (Fsp3) is 0.160. The number of carboxylic acid groups (broad SMARTS) is 1. The molecule has 0 unspecified atom stereocenters. The third-order valence-corrected chi connectivity index (χ3v) is 5.14. The number of carboxylic acids is 1. The van der Waals surface area contributed by atoms with Crippen molar-refractivity contribution in [2.75, 3.05) is 7.11 Å². The number of hydrogen-bond donors (Lipinski definition) is 2. The minimum absolute atomic E-state index is 0.152. The van der Waals surface area contributed by atoms with E-state index in [1.165, 1.54) is 7.11 Å². The van der Waals surface area contributed by atoms with Gasteiger partial charge in [-0.15, -0.1) is 0 Å². The van der Waals surface area contributed by atoms with E-state index in [1.54, 1.807) is 24.5 Å². The van der Waals surface area contributed by atoms with Gasteiger partial charge in [-0.25, -0.2) is 0 Å². The lowest BCUT2D eigenvalue weighted by molar-refractivity contribution is -0.136. The summed E-state index contributed by atoms with van der Waals surface area (Å²) in [4.78, 5) is 11.2. The summed E-state index contributed by atoms with van der Waals surface area (Å²) in [5.74, 6) is -0.0180. The third kappa shape index (κ3) is 4.39. The van der Waals surface area contributed by atoms with Gasteiger partial charge in [-0.3, -0.25) is 4.79 Å². The van der Waals surface area contributed by atoms with Gasteiger partial charge in [-0.05, 0) is 41.0 Å². The maximum absolute atomic E-state index is 11.2. The van der Waals surface area contributed by atoms with Crippen LogP contribution in [-0.4, -0.2) is 18.2 Å². The van der Waals surface area contributed by atoms with Crippen molar-refractivity contribution in [3.05, 3.63) is 83.6 Å². The molecule has 0 radical (unpaired) electrons. The molecular formula is C25H23NO5. The van der Waals surface area contributed by atoms with Crippen LogP contribution in [0.25, 0.3) is 22.1 Å². The zero-order chi connectivity index (χ0) is 21.8. The highest BCUT2D eigenvalue weighted by molar-refractivity contribution is 5.86. The molecule has 0 saturated heterocycles. The van der Waals surface area contributed by atoms with Crippen molar-refractivity contribution in [1.29, 1.82) is 0 Å². The van der Waals surface area contributed by atoms with E-state index in [0.29, 0.717) is 23.6 Å². The molecule has 1 aromatic heterocycles. The average Bonchev–Trinajstić information content (AvgIpc) is 3.20. The van der Waals surface area contributed by atoms with Crippen molar-refractivity contribution >= 4 is 16.9 Å². The molecule has 3 aromatic carbocycles. The Labute approximate surface area is 179 Å². The summed E-state index contributed by atoms with van der Waals surface area (Å²) in [6, 6.07) is 19.3. The number of furan rings is 1. The van der Waals surface area contributed by atoms with Crippen LogP contribution in [0, 0.1) is 0 Å². The standard InChI is InChI=1S/C25H23NO5/c1-29-23-7-3-6-19(12-24(27)28)25(23)31-15-20-14-30-22-9-8-18(11-21(20)22)17-5-2-4-16(10-17)13-26/h2-11,14H,12-13,15,26H2,1H3,(H,27,28). The normalized spacial score (nSPS) is 10.9. The number of nitrogens with two attached hydrogens (primary N) is 1. The minimum Gasteiger partial charge on any atom is -0.493 e. The lowest BCUT2D eigenvalue weighted by Crippen LogP contribution is -2.05. The summed E-state index contributed by atoms with van der Waals surface area (Å²) in [5, 5.41) is 10.1. The van der Waals surface area contributed by atoms with E-state index in [4.69, 9.17) is 19.6 Å². The van der Waals surface area contributed by atoms with Gasteiger partial charge < -0.3 is 24.7 Å². The first-order valence-electron chi connectivity index (χ1n) is 9.89. The summed E-state index contributed by atoms with van der Waals surface area (Å²) in [7, 11) is 1.53. The Morgan fingerprint density at radius 2 is 1.84 bits per heavy atom. The summed E-state index contributed by atoms with van der Waals surface area (Å²) in [5.41, 5.74) is 11.1. The second-order valence-corrected chi connectivity index (χ2v) is 7.18. The molecule has 6 heteroatoms. The third-order valence-electron chi connectivity index (χ3n) is 5.14. The fourth-order valence-electron chi connectivity index (χ4n) is 3.59. The van der Waals surface area contributed by atoms with E-state index in [0.717, 1.165) is 33.2 Å². The average molecular weight is 417 g/mol. The van der Waals surface area contributed by atoms with Gasteiger partial charge in [-0.1, -0.05) is 36.4 Å². The summed E-state index contributed by atoms with van der Waals surface area (Å²) >= 11 is 0. The Hall–Kier alpha value is -3.77. The van der Waals surface area contributed by atoms with Crippen LogP contribution >= 0.6 is 0 Å². The zero-order valence-electron chi connectivity index (χ0n) is 17.1. The SMILES string of the molecule is COc1cccc(CC(=O)O)c1OCc1coc2ccc(-c3cccc(CN)c3)cc12.